The molecule has 32 heavy (non-hydrogen) atoms. The van der Waals surface area contributed by atoms with Gasteiger partial charge in [0.2, 0.25) is 0 Å². The minimum absolute atomic E-state index is 0.0705. The summed E-state index contributed by atoms with van der Waals surface area (Å²) in [6.45, 7) is 5.58. The Labute approximate surface area is 201 Å². The molecule has 1 aliphatic heterocycles. The number of hydrogen-bond donors (Lipinski definition) is 1. The van der Waals surface area contributed by atoms with Gasteiger partial charge in [0.1, 0.15) is 0 Å². The Balaban J connectivity index is 1.50. The molecule has 0 saturated heterocycles. The van der Waals surface area contributed by atoms with Gasteiger partial charge in [-0.05, 0) is 0 Å². The van der Waals surface area contributed by atoms with Crippen molar-refractivity contribution in [1.29, 1.82) is 0 Å². The number of nitrogens with one attached hydrogen (secondary N) is 1. The summed E-state index contributed by atoms with van der Waals surface area (Å²) in [5.41, 5.74) is 2.64. The third-order valence-corrected chi connectivity index (χ3v) is 9.31. The van der Waals surface area contributed by atoms with E-state index in [1.54, 1.807) is 24.5 Å². The van der Waals surface area contributed by atoms with Crippen LogP contribution in [0.5, 0.6) is 0 Å². The van der Waals surface area contributed by atoms with Crippen LogP contribution in [-0.2, 0) is 9.59 Å². The number of thioether (sulfide) groups is 1. The van der Waals surface area contributed by atoms with Crippen molar-refractivity contribution < 1.29 is 9.59 Å². The molecule has 9 heteroatoms. The number of aliphatic imine (C=N–C) groups is 1. The molecule has 1 aromatic heterocycles. The fourth-order valence-corrected chi connectivity index (χ4v) is 7.20. The number of anilines is 1. The van der Waals surface area contributed by atoms with Gasteiger partial charge in [-0.15, -0.1) is 0 Å². The second kappa shape index (κ2) is 9.18. The summed E-state index contributed by atoms with van der Waals surface area (Å²) in [5.74, 6) is -0.319. The molecule has 2 amide bonds. The van der Waals surface area contributed by atoms with Gasteiger partial charge in [-0.1, -0.05) is 0 Å². The molecule has 0 saturated carbocycles. The first-order valence-electron chi connectivity index (χ1n) is 9.80. The average molecular weight is 527 g/mol. The first kappa shape index (κ1) is 22.7. The number of carbonyl (C=O) groups excluding carboxylic acids is 2. The summed E-state index contributed by atoms with van der Waals surface area (Å²) in [6, 6.07) is 11.1. The molecule has 2 heterocycles. The summed E-state index contributed by atoms with van der Waals surface area (Å²) >= 11 is 6.84. The van der Waals surface area contributed by atoms with Crippen LogP contribution in [0.4, 0.5) is 5.69 Å². The molecule has 3 aromatic rings. The minimum atomic E-state index is -0.945. The standard InChI is InChI=1S/C23H20AsClN4O2S/c1-23(2,3)21(31)28-14-5-6-16(25)15(12-14)24-22-29-20(30)19(32-22)11-13-4-7-17-18(10-13)27-9-8-26-17/h4-12,24H,1-3H3,(H,28,31). The number of amides is 2. The number of hydrogen-bond acceptors (Lipinski definition) is 5. The van der Waals surface area contributed by atoms with Crippen LogP contribution in [0, 0.1) is 5.41 Å². The van der Waals surface area contributed by atoms with E-state index >= 15 is 0 Å². The number of aromatic nitrogens is 2. The molecule has 2 aromatic carbocycles. The monoisotopic (exact) mass is 526 g/mol. The Hall–Kier alpha value is -2.47. The van der Waals surface area contributed by atoms with E-state index < -0.39 is 21.2 Å². The van der Waals surface area contributed by atoms with E-state index in [-0.39, 0.29) is 11.8 Å². The van der Waals surface area contributed by atoms with E-state index in [4.69, 9.17) is 11.6 Å². The van der Waals surface area contributed by atoms with Gasteiger partial charge in [0.25, 0.3) is 0 Å². The molecule has 1 atom stereocenters. The van der Waals surface area contributed by atoms with Gasteiger partial charge in [-0.3, -0.25) is 0 Å². The summed E-state index contributed by atoms with van der Waals surface area (Å²) in [5, 5.41) is 3.54. The van der Waals surface area contributed by atoms with Crippen LogP contribution < -0.4 is 9.67 Å². The van der Waals surface area contributed by atoms with Gasteiger partial charge < -0.3 is 0 Å². The second-order valence-corrected chi connectivity index (χ2v) is 13.0. The van der Waals surface area contributed by atoms with E-state index in [9.17, 15) is 9.59 Å². The van der Waals surface area contributed by atoms with Crippen LogP contribution in [0.25, 0.3) is 17.1 Å². The molecule has 4 rings (SSSR count). The number of fused-ring (bicyclic) bond motifs is 1. The zero-order chi connectivity index (χ0) is 22.9. The van der Waals surface area contributed by atoms with Crippen LogP contribution in [0.1, 0.15) is 26.3 Å². The van der Waals surface area contributed by atoms with Gasteiger partial charge in [-0.2, -0.15) is 0 Å². The van der Waals surface area contributed by atoms with E-state index in [1.807, 2.05) is 51.1 Å². The molecular formula is C23H20AsClN4O2S. The number of nitrogens with zero attached hydrogens (tertiary/aromatic N) is 3. The van der Waals surface area contributed by atoms with Gasteiger partial charge in [0, 0.05) is 0 Å². The normalized spacial score (nSPS) is 15.7. The molecule has 1 unspecified atom stereocenters. The molecule has 0 spiro atoms. The first-order chi connectivity index (χ1) is 15.2. The molecule has 0 fully saturated rings. The second-order valence-electron chi connectivity index (χ2n) is 8.16. The van der Waals surface area contributed by atoms with Crippen LogP contribution in [0.3, 0.4) is 0 Å². The summed E-state index contributed by atoms with van der Waals surface area (Å²) < 4.78 is 1.70. The van der Waals surface area contributed by atoms with Gasteiger partial charge in [0.05, 0.1) is 0 Å². The van der Waals surface area contributed by atoms with Crippen molar-refractivity contribution in [2.75, 3.05) is 5.32 Å². The fourth-order valence-electron chi connectivity index (χ4n) is 2.82. The molecule has 1 aliphatic rings. The topological polar surface area (TPSA) is 84.3 Å². The zero-order valence-corrected chi connectivity index (χ0v) is 21.3. The molecule has 0 radical (unpaired) electrons. The Kier molecular flexibility index (Phi) is 6.52. The average Bonchev–Trinajstić information content (AvgIpc) is 3.08. The van der Waals surface area contributed by atoms with Gasteiger partial charge >= 0.3 is 202 Å². The number of rotatable bonds is 4. The zero-order valence-electron chi connectivity index (χ0n) is 17.6. The quantitative estimate of drug-likeness (QED) is 0.410. The van der Waals surface area contributed by atoms with Crippen LogP contribution in [0.2, 0.25) is 5.02 Å². The molecule has 162 valence electrons. The van der Waals surface area contributed by atoms with Crippen molar-refractivity contribution in [3.05, 3.63) is 64.3 Å². The predicted molar refractivity (Wildman–Crippen MR) is 134 cm³/mol. The Morgan fingerprint density at radius 1 is 1.09 bits per heavy atom. The van der Waals surface area contributed by atoms with Crippen LogP contribution in [0.15, 0.2) is 58.7 Å². The van der Waals surface area contributed by atoms with Gasteiger partial charge in [-0.25, -0.2) is 0 Å². The first-order valence-corrected chi connectivity index (χ1v) is 13.1. The van der Waals surface area contributed by atoms with E-state index in [1.165, 1.54) is 11.8 Å². The summed E-state index contributed by atoms with van der Waals surface area (Å²) in [6.07, 6.45) is 5.11. The van der Waals surface area contributed by atoms with Crippen molar-refractivity contribution in [3.63, 3.8) is 0 Å². The SMILES string of the molecule is CC(C)(C)C(=O)Nc1ccc(Cl)c([AsH]C2=NC(=O)C(=Cc3ccc4nccnc4c3)S2)c1. The maximum absolute atomic E-state index is 12.5. The van der Waals surface area contributed by atoms with Crippen molar-refractivity contribution in [3.8, 4) is 0 Å². The third-order valence-electron chi connectivity index (χ3n) is 4.56. The maximum atomic E-state index is 12.5. The number of halogens is 1. The molecule has 0 aliphatic carbocycles. The molecule has 6 nitrogen and oxygen atoms in total. The fraction of sp³-hybridized carbons (Fsp3) is 0.174. The van der Waals surface area contributed by atoms with Crippen molar-refractivity contribution in [2.45, 2.75) is 20.8 Å². The van der Waals surface area contributed by atoms with E-state index in [0.717, 1.165) is 24.8 Å². The van der Waals surface area contributed by atoms with Crippen molar-refractivity contribution in [2.24, 2.45) is 10.4 Å². The summed E-state index contributed by atoms with van der Waals surface area (Å²) in [4.78, 5) is 38.2. The van der Waals surface area contributed by atoms with Crippen LogP contribution in [-0.4, -0.2) is 41.4 Å². The molecule has 0 bridgehead atoms. The molecular weight excluding hydrogens is 507 g/mol. The number of benzene rings is 2. The van der Waals surface area contributed by atoms with E-state index in [0.29, 0.717) is 15.6 Å². The van der Waals surface area contributed by atoms with Crippen molar-refractivity contribution >= 4 is 81.9 Å². The Morgan fingerprint density at radius 3 is 2.59 bits per heavy atom. The van der Waals surface area contributed by atoms with Crippen molar-refractivity contribution in [1.82, 2.24) is 9.97 Å². The summed E-state index contributed by atoms with van der Waals surface area (Å²) in [7, 11) is 0. The van der Waals surface area contributed by atoms with Crippen LogP contribution >= 0.6 is 23.4 Å². The van der Waals surface area contributed by atoms with Gasteiger partial charge in [0.15, 0.2) is 0 Å². The Morgan fingerprint density at radius 2 is 1.84 bits per heavy atom. The van der Waals surface area contributed by atoms with E-state index in [2.05, 4.69) is 20.3 Å². The molecule has 1 N–H and O–H groups in total. The predicted octanol–water partition coefficient (Wildman–Crippen LogP) is 4.00. The Bertz CT molecular complexity index is 1300. The number of carbonyl (C=O) groups is 2. The third kappa shape index (κ3) is 5.29.